The molecule has 2 amide bonds. The first kappa shape index (κ1) is 47.7. The summed E-state index contributed by atoms with van der Waals surface area (Å²) < 4.78 is 42.3. The molecule has 2 unspecified atom stereocenters. The lowest BCUT2D eigenvalue weighted by molar-refractivity contribution is -0.134. The number of anilines is 1. The Bertz CT molecular complexity index is 2940. The molecule has 10 rings (SSSR count). The Morgan fingerprint density at radius 3 is 2.38 bits per heavy atom. The number of halogens is 1. The molecule has 5 N–H and O–H groups in total. The molecule has 0 saturated carbocycles. The minimum absolute atomic E-state index is 0.00230. The first-order chi connectivity index (χ1) is 34.7. The number of nitrogens with zero attached hydrogens (tertiary/aromatic N) is 7. The lowest BCUT2D eigenvalue weighted by Gasteiger charge is -2.33. The molecule has 3 saturated heterocycles. The molecule has 71 heavy (non-hydrogen) atoms. The van der Waals surface area contributed by atoms with Crippen molar-refractivity contribution in [3.63, 3.8) is 0 Å². The van der Waals surface area contributed by atoms with Crippen molar-refractivity contribution >= 4 is 51.4 Å². The summed E-state index contributed by atoms with van der Waals surface area (Å²) in [6.07, 6.45) is 1.62. The number of nitrogens with two attached hydrogens (primary N) is 1. The number of fused-ring (bicyclic) bond motifs is 3. The minimum Gasteiger partial charge on any atom is -0.492 e. The highest BCUT2D eigenvalue weighted by Crippen LogP contribution is 2.36. The number of carbonyl (C=O) groups excluding carboxylic acids is 2. The Kier molecular flexibility index (Phi) is 14.8. The van der Waals surface area contributed by atoms with Gasteiger partial charge >= 0.3 is 0 Å². The number of likely N-dealkylation sites (tertiary alicyclic amines) is 1. The van der Waals surface area contributed by atoms with Gasteiger partial charge < -0.3 is 59.2 Å². The maximum absolute atomic E-state index is 13.3. The van der Waals surface area contributed by atoms with Crippen molar-refractivity contribution in [1.29, 1.82) is 0 Å². The van der Waals surface area contributed by atoms with Gasteiger partial charge in [-0.2, -0.15) is 10.1 Å². The molecular formula is C50H53ClN10O10. The second kappa shape index (κ2) is 22.0. The van der Waals surface area contributed by atoms with E-state index in [1.165, 1.54) is 6.33 Å². The Labute approximate surface area is 412 Å². The molecule has 3 aliphatic rings. The standard InChI is InChI=1S/C50H53ClN10O10/c51-36-25-37-48(58-50(56-37)71-39-28-69-45-38(62)27-68-46(39)45)57-43(36)30-8-12-33(13-9-30)67-22-18-53-40(63)16-20-65-23-24-66-21-17-41(64)60-19-4-5-32(26-60)61-49-42(47(52)54-29-55-49)44(59-61)31-10-14-35(15-11-31)70-34-6-2-1-3-7-34/h1-3,6-15,25,29,32,38-39,45-46,62H,4-5,16-24,26-28H2,(H,53,63)(H2,52,54,55)(H,56,57,58)/t32-,38-,39-,45?,46?/m1/s1. The molecule has 0 aliphatic carbocycles. The van der Waals surface area contributed by atoms with Gasteiger partial charge in [0.15, 0.2) is 17.4 Å². The number of aliphatic hydroxyl groups is 1. The van der Waals surface area contributed by atoms with Crippen LogP contribution < -0.4 is 25.3 Å². The van der Waals surface area contributed by atoms with Crippen LogP contribution in [-0.4, -0.2) is 147 Å². The summed E-state index contributed by atoms with van der Waals surface area (Å²) in [5.74, 6) is 2.22. The third kappa shape index (κ3) is 11.2. The van der Waals surface area contributed by atoms with E-state index in [9.17, 15) is 14.7 Å². The summed E-state index contributed by atoms with van der Waals surface area (Å²) in [5, 5.41) is 19.0. The van der Waals surface area contributed by atoms with Crippen LogP contribution >= 0.6 is 11.6 Å². The predicted molar refractivity (Wildman–Crippen MR) is 260 cm³/mol. The average molecular weight is 989 g/mol. The number of ether oxygens (including phenoxy) is 7. The molecular weight excluding hydrogens is 936 g/mol. The topological polar surface area (TPSA) is 245 Å². The van der Waals surface area contributed by atoms with E-state index in [-0.39, 0.29) is 75.8 Å². The SMILES string of the molecule is Nc1ncnc2c1c(-c1ccc(Oc3ccccc3)cc1)nn2[C@@H]1CCCN(C(=O)CCOCCOCCC(=O)NCCOc2ccc(-c3nc4nc(O[C@@H]5COC6C5OC[C@H]6O)[nH]c4cc3Cl)cc2)C1. The summed E-state index contributed by atoms with van der Waals surface area (Å²) in [7, 11) is 0. The Morgan fingerprint density at radius 1 is 0.845 bits per heavy atom. The molecule has 21 heteroatoms. The summed E-state index contributed by atoms with van der Waals surface area (Å²) >= 11 is 6.62. The number of imidazole rings is 1. The number of nitrogen functional groups attached to an aromatic ring is 1. The number of amides is 2. The second-order valence-corrected chi connectivity index (χ2v) is 17.7. The normalized spacial score (nSPS) is 19.8. The summed E-state index contributed by atoms with van der Waals surface area (Å²) in [6, 6.07) is 26.4. The van der Waals surface area contributed by atoms with Gasteiger partial charge in [0.05, 0.1) is 80.3 Å². The van der Waals surface area contributed by atoms with Gasteiger partial charge in [0.25, 0.3) is 6.01 Å². The van der Waals surface area contributed by atoms with Crippen LogP contribution in [0.25, 0.3) is 44.7 Å². The van der Waals surface area contributed by atoms with Crippen LogP contribution in [0.5, 0.6) is 23.3 Å². The molecule has 5 atom stereocenters. The third-order valence-electron chi connectivity index (χ3n) is 12.5. The number of aliphatic hydroxyl groups excluding tert-OH is 1. The van der Waals surface area contributed by atoms with E-state index in [0.29, 0.717) is 88.8 Å². The zero-order valence-corrected chi connectivity index (χ0v) is 39.4. The highest BCUT2D eigenvalue weighted by atomic mass is 35.5. The fraction of sp³-hybridized carbons (Fsp3) is 0.380. The van der Waals surface area contributed by atoms with Crippen molar-refractivity contribution < 1.29 is 47.9 Å². The van der Waals surface area contributed by atoms with E-state index in [2.05, 4.69) is 30.2 Å². The number of carbonyl (C=O) groups is 2. The molecule has 20 nitrogen and oxygen atoms in total. The smallest absolute Gasteiger partial charge is 0.296 e. The molecule has 0 spiro atoms. The van der Waals surface area contributed by atoms with Gasteiger partial charge in [-0.3, -0.25) is 9.59 Å². The van der Waals surface area contributed by atoms with E-state index in [0.717, 1.165) is 29.7 Å². The van der Waals surface area contributed by atoms with Gasteiger partial charge in [-0.25, -0.2) is 19.6 Å². The summed E-state index contributed by atoms with van der Waals surface area (Å²) in [6.45, 7) is 3.25. The van der Waals surface area contributed by atoms with Crippen molar-refractivity contribution in [2.24, 2.45) is 0 Å². The molecule has 7 aromatic rings. The fourth-order valence-electron chi connectivity index (χ4n) is 8.94. The van der Waals surface area contributed by atoms with Crippen LogP contribution in [0.1, 0.15) is 31.7 Å². The Morgan fingerprint density at radius 2 is 1.58 bits per heavy atom. The Balaban J connectivity index is 0.603. The average Bonchev–Trinajstić information content (AvgIpc) is 4.18. The number of piperidine rings is 1. The minimum atomic E-state index is -0.674. The maximum Gasteiger partial charge on any atom is 0.296 e. The van der Waals surface area contributed by atoms with Crippen molar-refractivity contribution in [2.75, 3.05) is 71.6 Å². The van der Waals surface area contributed by atoms with Crippen molar-refractivity contribution in [3.8, 4) is 45.8 Å². The van der Waals surface area contributed by atoms with Crippen LogP contribution in [0.15, 0.2) is 91.3 Å². The van der Waals surface area contributed by atoms with Gasteiger partial charge in [-0.1, -0.05) is 29.8 Å². The number of pyridine rings is 1. The van der Waals surface area contributed by atoms with Crippen LogP contribution in [0.2, 0.25) is 5.02 Å². The van der Waals surface area contributed by atoms with E-state index in [1.807, 2.05) is 76.3 Å². The van der Waals surface area contributed by atoms with Crippen molar-refractivity contribution in [1.82, 2.24) is 44.9 Å². The van der Waals surface area contributed by atoms with Crippen LogP contribution in [0, 0.1) is 0 Å². The van der Waals surface area contributed by atoms with E-state index in [4.69, 9.17) is 55.6 Å². The highest BCUT2D eigenvalue weighted by molar-refractivity contribution is 6.33. The molecule has 3 fully saturated rings. The number of aromatic amines is 1. The van der Waals surface area contributed by atoms with E-state index < -0.39 is 18.3 Å². The Hall–Kier alpha value is -6.94. The van der Waals surface area contributed by atoms with Gasteiger partial charge in [-0.15, -0.1) is 0 Å². The maximum atomic E-state index is 13.3. The predicted octanol–water partition coefficient (Wildman–Crippen LogP) is 5.54. The third-order valence-corrected chi connectivity index (χ3v) is 12.8. The number of nitrogens with one attached hydrogen (secondary N) is 2. The van der Waals surface area contributed by atoms with Crippen LogP contribution in [-0.2, 0) is 28.5 Å². The summed E-state index contributed by atoms with van der Waals surface area (Å²) in [4.78, 5) is 48.7. The number of H-pyrrole nitrogens is 1. The zero-order valence-electron chi connectivity index (χ0n) is 38.7. The molecule has 0 bridgehead atoms. The second-order valence-electron chi connectivity index (χ2n) is 17.3. The lowest BCUT2D eigenvalue weighted by Crippen LogP contribution is -2.41. The molecule has 370 valence electrons. The van der Waals surface area contributed by atoms with Crippen LogP contribution in [0.3, 0.4) is 0 Å². The van der Waals surface area contributed by atoms with Crippen molar-refractivity contribution in [2.45, 2.75) is 56.1 Å². The van der Waals surface area contributed by atoms with Gasteiger partial charge in [0.1, 0.15) is 60.0 Å². The van der Waals surface area contributed by atoms with Gasteiger partial charge in [-0.05, 0) is 79.6 Å². The van der Waals surface area contributed by atoms with Gasteiger partial charge in [0, 0.05) is 30.6 Å². The van der Waals surface area contributed by atoms with Crippen LogP contribution in [0.4, 0.5) is 5.82 Å². The number of rotatable bonds is 20. The van der Waals surface area contributed by atoms with E-state index in [1.54, 1.807) is 18.2 Å². The van der Waals surface area contributed by atoms with Gasteiger partial charge in [0.2, 0.25) is 11.8 Å². The molecule has 7 heterocycles. The molecule has 4 aromatic heterocycles. The monoisotopic (exact) mass is 988 g/mol. The number of benzene rings is 3. The molecule has 3 aliphatic heterocycles. The number of para-hydroxylation sites is 1. The first-order valence-corrected chi connectivity index (χ1v) is 24.0. The highest BCUT2D eigenvalue weighted by Gasteiger charge is 2.48. The van der Waals surface area contributed by atoms with Crippen molar-refractivity contribution in [3.05, 3.63) is 96.3 Å². The largest absolute Gasteiger partial charge is 0.492 e. The number of hydrogen-bond donors (Lipinski definition) is 4. The quantitative estimate of drug-likeness (QED) is 0.0685. The summed E-state index contributed by atoms with van der Waals surface area (Å²) in [5.41, 5.74) is 10.9. The fourth-order valence-corrected chi connectivity index (χ4v) is 9.20. The first-order valence-electron chi connectivity index (χ1n) is 23.6. The number of aromatic nitrogens is 7. The lowest BCUT2D eigenvalue weighted by atomic mass is 10.1. The zero-order chi connectivity index (χ0) is 48.7. The molecule has 0 radical (unpaired) electrons. The van der Waals surface area contributed by atoms with E-state index >= 15 is 0 Å². The molecule has 3 aromatic carbocycles. The number of hydrogen-bond acceptors (Lipinski definition) is 16.